The molecule has 1 rings (SSSR count). The number of hydrogen-bond acceptors (Lipinski definition) is 2. The van der Waals surface area contributed by atoms with Crippen molar-refractivity contribution in [2.45, 2.75) is 31.9 Å². The number of rotatable bonds is 2. The highest BCUT2D eigenvalue weighted by molar-refractivity contribution is 4.80. The van der Waals surface area contributed by atoms with Crippen LogP contribution in [0.25, 0.3) is 0 Å². The van der Waals surface area contributed by atoms with Crippen molar-refractivity contribution in [3.05, 3.63) is 0 Å². The summed E-state index contributed by atoms with van der Waals surface area (Å²) in [7, 11) is 3.96. The summed E-state index contributed by atoms with van der Waals surface area (Å²) in [6.07, 6.45) is 3.02. The lowest BCUT2D eigenvalue weighted by Crippen LogP contribution is -2.35. The first-order valence-corrected chi connectivity index (χ1v) is 3.98. The van der Waals surface area contributed by atoms with Gasteiger partial charge in [-0.2, -0.15) is 0 Å². The number of likely N-dealkylation sites (N-methyl/N-ethyl adjacent to an activating group) is 1. The summed E-state index contributed by atoms with van der Waals surface area (Å²) in [4.78, 5) is 2.38. The molecule has 0 N–H and O–H groups in total. The fourth-order valence-electron chi connectivity index (χ4n) is 1.69. The monoisotopic (exact) mass is 143 g/mol. The lowest BCUT2D eigenvalue weighted by Gasteiger charge is -2.24. The Morgan fingerprint density at radius 3 is 2.70 bits per heavy atom. The Morgan fingerprint density at radius 2 is 2.30 bits per heavy atom. The van der Waals surface area contributed by atoms with Crippen molar-refractivity contribution >= 4 is 0 Å². The Labute approximate surface area is 63.2 Å². The summed E-state index contributed by atoms with van der Waals surface area (Å²) in [5.74, 6) is 0. The molecule has 1 aliphatic rings. The van der Waals surface area contributed by atoms with E-state index in [1.165, 1.54) is 19.4 Å². The van der Waals surface area contributed by atoms with Gasteiger partial charge >= 0.3 is 0 Å². The Bertz CT molecular complexity index is 105. The van der Waals surface area contributed by atoms with E-state index in [4.69, 9.17) is 4.74 Å². The summed E-state index contributed by atoms with van der Waals surface area (Å²) in [5, 5.41) is 0. The maximum atomic E-state index is 5.26. The predicted molar refractivity (Wildman–Crippen MR) is 42.1 cm³/mol. The van der Waals surface area contributed by atoms with Gasteiger partial charge in [-0.25, -0.2) is 0 Å². The van der Waals surface area contributed by atoms with Gasteiger partial charge in [0.05, 0.1) is 6.10 Å². The first kappa shape index (κ1) is 8.02. The number of likely N-dealkylation sites (tertiary alicyclic amines) is 1. The minimum Gasteiger partial charge on any atom is -0.380 e. The van der Waals surface area contributed by atoms with Gasteiger partial charge in [-0.05, 0) is 33.4 Å². The van der Waals surface area contributed by atoms with Gasteiger partial charge in [0.25, 0.3) is 0 Å². The zero-order chi connectivity index (χ0) is 7.56. The quantitative estimate of drug-likeness (QED) is 0.574. The topological polar surface area (TPSA) is 12.5 Å². The second-order valence-corrected chi connectivity index (χ2v) is 3.13. The van der Waals surface area contributed by atoms with Gasteiger partial charge in [0, 0.05) is 13.2 Å². The standard InChI is InChI=1S/C8H17NO/c1-7(10-3)8-5-4-6-9(8)2/h7-8H,4-6H2,1-3H3/t7-,8?/m0/s1. The van der Waals surface area contributed by atoms with E-state index in [1.54, 1.807) is 7.11 Å². The normalized spacial score (nSPS) is 30.9. The lowest BCUT2D eigenvalue weighted by molar-refractivity contribution is 0.0531. The fraction of sp³-hybridized carbons (Fsp3) is 1.00. The van der Waals surface area contributed by atoms with Crippen LogP contribution >= 0.6 is 0 Å². The average molecular weight is 143 g/mol. The SMILES string of the molecule is CO[C@@H](C)C1CCCN1C. The van der Waals surface area contributed by atoms with Crippen LogP contribution in [0.15, 0.2) is 0 Å². The van der Waals surface area contributed by atoms with Gasteiger partial charge in [-0.1, -0.05) is 0 Å². The third-order valence-electron chi connectivity index (χ3n) is 2.49. The zero-order valence-electron chi connectivity index (χ0n) is 7.13. The van der Waals surface area contributed by atoms with Crippen LogP contribution in [0, 0.1) is 0 Å². The molecule has 0 spiro atoms. The van der Waals surface area contributed by atoms with Crippen LogP contribution in [0.1, 0.15) is 19.8 Å². The van der Waals surface area contributed by atoms with Gasteiger partial charge in [-0.15, -0.1) is 0 Å². The van der Waals surface area contributed by atoms with Crippen molar-refractivity contribution in [2.24, 2.45) is 0 Å². The van der Waals surface area contributed by atoms with Crippen molar-refractivity contribution in [2.75, 3.05) is 20.7 Å². The largest absolute Gasteiger partial charge is 0.380 e. The van der Waals surface area contributed by atoms with E-state index in [9.17, 15) is 0 Å². The molecule has 0 amide bonds. The molecule has 10 heavy (non-hydrogen) atoms. The molecule has 2 atom stereocenters. The molecular weight excluding hydrogens is 126 g/mol. The van der Waals surface area contributed by atoms with Crippen LogP contribution in [0.4, 0.5) is 0 Å². The summed E-state index contributed by atoms with van der Waals surface area (Å²) in [6.45, 7) is 3.38. The van der Waals surface area contributed by atoms with Crippen LogP contribution in [-0.2, 0) is 4.74 Å². The highest BCUT2D eigenvalue weighted by atomic mass is 16.5. The van der Waals surface area contributed by atoms with Crippen molar-refractivity contribution in [1.29, 1.82) is 0 Å². The van der Waals surface area contributed by atoms with Crippen LogP contribution in [0.3, 0.4) is 0 Å². The molecule has 0 aromatic heterocycles. The molecule has 2 heteroatoms. The Balaban J connectivity index is 2.38. The Hall–Kier alpha value is -0.0800. The molecule has 0 bridgehead atoms. The Kier molecular flexibility index (Phi) is 2.69. The molecule has 0 aromatic rings. The summed E-state index contributed by atoms with van der Waals surface area (Å²) < 4.78 is 5.26. The van der Waals surface area contributed by atoms with Crippen LogP contribution in [0.2, 0.25) is 0 Å². The van der Waals surface area contributed by atoms with Gasteiger partial charge in [-0.3, -0.25) is 0 Å². The van der Waals surface area contributed by atoms with E-state index in [0.717, 1.165) is 0 Å². The van der Waals surface area contributed by atoms with Gasteiger partial charge in [0.15, 0.2) is 0 Å². The molecule has 1 heterocycles. The highest BCUT2D eigenvalue weighted by Crippen LogP contribution is 2.18. The third-order valence-corrected chi connectivity index (χ3v) is 2.49. The Morgan fingerprint density at radius 1 is 1.60 bits per heavy atom. The maximum absolute atomic E-state index is 5.26. The van der Waals surface area contributed by atoms with Crippen molar-refractivity contribution in [1.82, 2.24) is 4.90 Å². The van der Waals surface area contributed by atoms with Crippen molar-refractivity contribution in [3.8, 4) is 0 Å². The molecule has 1 fully saturated rings. The first-order chi connectivity index (χ1) is 4.75. The lowest BCUT2D eigenvalue weighted by atomic mass is 10.1. The van der Waals surface area contributed by atoms with Gasteiger partial charge in [0.2, 0.25) is 0 Å². The van der Waals surface area contributed by atoms with Gasteiger partial charge in [0.1, 0.15) is 0 Å². The molecule has 1 aliphatic heterocycles. The van der Waals surface area contributed by atoms with E-state index < -0.39 is 0 Å². The van der Waals surface area contributed by atoms with Gasteiger partial charge < -0.3 is 9.64 Å². The van der Waals surface area contributed by atoms with E-state index in [2.05, 4.69) is 18.9 Å². The number of ether oxygens (including phenoxy) is 1. The van der Waals surface area contributed by atoms with E-state index >= 15 is 0 Å². The number of hydrogen-bond donors (Lipinski definition) is 0. The summed E-state index contributed by atoms with van der Waals surface area (Å²) in [5.41, 5.74) is 0. The third kappa shape index (κ3) is 1.50. The molecule has 1 unspecified atom stereocenters. The molecular formula is C8H17NO. The highest BCUT2D eigenvalue weighted by Gasteiger charge is 2.25. The summed E-state index contributed by atoms with van der Waals surface area (Å²) in [6, 6.07) is 0.657. The van der Waals surface area contributed by atoms with Crippen LogP contribution in [0.5, 0.6) is 0 Å². The van der Waals surface area contributed by atoms with Crippen molar-refractivity contribution in [3.63, 3.8) is 0 Å². The predicted octanol–water partition coefficient (Wildman–Crippen LogP) is 1.12. The van der Waals surface area contributed by atoms with Crippen LogP contribution < -0.4 is 0 Å². The second kappa shape index (κ2) is 3.35. The minimum atomic E-state index is 0.396. The van der Waals surface area contributed by atoms with E-state index in [-0.39, 0.29) is 0 Å². The minimum absolute atomic E-state index is 0.396. The summed E-state index contributed by atoms with van der Waals surface area (Å²) >= 11 is 0. The number of nitrogens with zero attached hydrogens (tertiary/aromatic N) is 1. The molecule has 60 valence electrons. The smallest absolute Gasteiger partial charge is 0.0698 e. The molecule has 0 aliphatic carbocycles. The fourth-order valence-corrected chi connectivity index (χ4v) is 1.69. The zero-order valence-corrected chi connectivity index (χ0v) is 7.13. The first-order valence-electron chi connectivity index (χ1n) is 3.98. The van der Waals surface area contributed by atoms with Crippen molar-refractivity contribution < 1.29 is 4.74 Å². The molecule has 0 aromatic carbocycles. The molecule has 0 radical (unpaired) electrons. The molecule has 2 nitrogen and oxygen atoms in total. The van der Waals surface area contributed by atoms with E-state index in [0.29, 0.717) is 12.1 Å². The second-order valence-electron chi connectivity index (χ2n) is 3.13. The maximum Gasteiger partial charge on any atom is 0.0698 e. The molecule has 0 saturated carbocycles. The average Bonchev–Trinajstić information content (AvgIpc) is 2.34. The van der Waals surface area contributed by atoms with E-state index in [1.807, 2.05) is 0 Å². The molecule has 1 saturated heterocycles. The number of methoxy groups -OCH3 is 1. The van der Waals surface area contributed by atoms with Crippen LogP contribution in [-0.4, -0.2) is 37.7 Å².